The number of carbonyl (C=O) groups excluding carboxylic acids is 4. The quantitative estimate of drug-likeness (QED) is 0.0561. The summed E-state index contributed by atoms with van der Waals surface area (Å²) in [6, 6.07) is 23.7. The van der Waals surface area contributed by atoms with E-state index in [2.05, 4.69) is 31.6 Å². The number of hydrogen-bond acceptors (Lipinski definition) is 8. The number of esters is 4. The summed E-state index contributed by atoms with van der Waals surface area (Å²) >= 11 is 0. The molecular weight excluding hydrogens is 620 g/mol. The Labute approximate surface area is 284 Å². The molecule has 244 valence electrons. The molecular formula is C41H32O8. The van der Waals surface area contributed by atoms with Crippen molar-refractivity contribution in [2.75, 3.05) is 0 Å². The molecule has 4 rings (SSSR count). The van der Waals surface area contributed by atoms with Gasteiger partial charge in [-0.2, -0.15) is 0 Å². The van der Waals surface area contributed by atoms with Crippen LogP contribution in [0.25, 0.3) is 12.2 Å². The molecule has 8 heteroatoms. The van der Waals surface area contributed by atoms with E-state index < -0.39 is 23.9 Å². The monoisotopic (exact) mass is 652 g/mol. The van der Waals surface area contributed by atoms with E-state index >= 15 is 0 Å². The molecule has 49 heavy (non-hydrogen) atoms. The van der Waals surface area contributed by atoms with E-state index in [4.69, 9.17) is 18.9 Å². The van der Waals surface area contributed by atoms with Crippen LogP contribution in [0.15, 0.2) is 122 Å². The number of benzene rings is 4. The predicted molar refractivity (Wildman–Crippen MR) is 187 cm³/mol. The third-order valence-corrected chi connectivity index (χ3v) is 6.75. The van der Waals surface area contributed by atoms with E-state index in [0.717, 1.165) is 17.2 Å². The summed E-state index contributed by atoms with van der Waals surface area (Å²) in [5.74, 6) is 4.70. The molecule has 0 aliphatic heterocycles. The molecule has 0 aromatic heterocycles. The van der Waals surface area contributed by atoms with Crippen molar-refractivity contribution in [3.63, 3.8) is 0 Å². The highest BCUT2D eigenvalue weighted by atomic mass is 16.5. The highest BCUT2D eigenvalue weighted by Gasteiger charge is 2.20. The molecule has 0 aliphatic carbocycles. The fourth-order valence-corrected chi connectivity index (χ4v) is 4.07. The van der Waals surface area contributed by atoms with Crippen molar-refractivity contribution in [2.24, 2.45) is 0 Å². The minimum absolute atomic E-state index is 0.113. The summed E-state index contributed by atoms with van der Waals surface area (Å²) in [7, 11) is 0. The van der Waals surface area contributed by atoms with Gasteiger partial charge in [0.05, 0.1) is 11.1 Å². The first-order valence-electron chi connectivity index (χ1n) is 14.9. The second-order valence-electron chi connectivity index (χ2n) is 10.7. The van der Waals surface area contributed by atoms with Gasteiger partial charge in [0.2, 0.25) is 0 Å². The lowest BCUT2D eigenvalue weighted by Crippen LogP contribution is -2.15. The summed E-state index contributed by atoms with van der Waals surface area (Å²) in [5.41, 5.74) is 3.97. The van der Waals surface area contributed by atoms with Gasteiger partial charge in [0.1, 0.15) is 17.2 Å². The summed E-state index contributed by atoms with van der Waals surface area (Å²) in [6.07, 6.45) is 4.91. The minimum atomic E-state index is -0.689. The van der Waals surface area contributed by atoms with E-state index in [-0.39, 0.29) is 28.4 Å². The molecule has 4 aromatic rings. The number of carbonyl (C=O) groups is 4. The SMILES string of the molecule is C=CC(=O)Oc1ccc(OC(=O)c2ccc(C#Cc3ccc(/C=C/c4ccc(OC(=O)C(=C)C)cc4)cc3)c(OC(=O)C(=C)C)c2C)cc1. The second-order valence-corrected chi connectivity index (χ2v) is 10.7. The normalized spacial score (nSPS) is 10.3. The highest BCUT2D eigenvalue weighted by molar-refractivity contribution is 5.95. The third kappa shape index (κ3) is 9.88. The standard InChI is InChI=1S/C41H32O8/c1-7-37(42)46-33-21-23-35(24-22-33)48-41(45)36-25-18-32(38(28(36)6)49-40(44)27(4)5)17-14-30-11-8-29(9-12-30)10-13-31-15-19-34(20-16-31)47-39(43)26(2)3/h7-13,15-16,18-25H,1-2,4H2,3,5-6H3/b13-10+. The molecule has 0 spiro atoms. The van der Waals surface area contributed by atoms with Gasteiger partial charge in [-0.25, -0.2) is 19.2 Å². The first-order valence-corrected chi connectivity index (χ1v) is 14.9. The Balaban J connectivity index is 1.50. The van der Waals surface area contributed by atoms with Crippen LogP contribution in [-0.4, -0.2) is 23.9 Å². The summed E-state index contributed by atoms with van der Waals surface area (Å²) in [6.45, 7) is 15.3. The van der Waals surface area contributed by atoms with Gasteiger partial charge in [-0.15, -0.1) is 0 Å². The van der Waals surface area contributed by atoms with Crippen LogP contribution in [0.1, 0.15) is 52.0 Å². The Morgan fingerprint density at radius 1 is 0.612 bits per heavy atom. The van der Waals surface area contributed by atoms with Crippen LogP contribution in [-0.2, 0) is 14.4 Å². The molecule has 0 atom stereocenters. The minimum Gasteiger partial charge on any atom is -0.423 e. The average Bonchev–Trinajstić information content (AvgIpc) is 3.09. The van der Waals surface area contributed by atoms with Crippen LogP contribution in [0, 0.1) is 18.8 Å². The van der Waals surface area contributed by atoms with Gasteiger partial charge >= 0.3 is 23.9 Å². The Bertz CT molecular complexity index is 2040. The first kappa shape index (κ1) is 35.1. The second kappa shape index (κ2) is 16.2. The highest BCUT2D eigenvalue weighted by Crippen LogP contribution is 2.29. The van der Waals surface area contributed by atoms with Gasteiger partial charge in [0, 0.05) is 28.3 Å². The van der Waals surface area contributed by atoms with Gasteiger partial charge in [-0.05, 0) is 92.6 Å². The Morgan fingerprint density at radius 3 is 1.65 bits per heavy atom. The number of hydrogen-bond donors (Lipinski definition) is 0. The summed E-state index contributed by atoms with van der Waals surface area (Å²) in [4.78, 5) is 48.7. The van der Waals surface area contributed by atoms with Crippen molar-refractivity contribution >= 4 is 36.0 Å². The molecule has 4 aromatic carbocycles. The summed E-state index contributed by atoms with van der Waals surface area (Å²) < 4.78 is 21.4. The van der Waals surface area contributed by atoms with E-state index in [0.29, 0.717) is 28.0 Å². The van der Waals surface area contributed by atoms with Crippen molar-refractivity contribution in [1.82, 2.24) is 0 Å². The zero-order valence-corrected chi connectivity index (χ0v) is 27.2. The molecule has 0 amide bonds. The Kier molecular flexibility index (Phi) is 11.6. The first-order chi connectivity index (χ1) is 23.4. The molecule has 8 nitrogen and oxygen atoms in total. The topological polar surface area (TPSA) is 105 Å². The van der Waals surface area contributed by atoms with Crippen LogP contribution < -0.4 is 18.9 Å². The average molecular weight is 653 g/mol. The van der Waals surface area contributed by atoms with Gasteiger partial charge < -0.3 is 18.9 Å². The maximum absolute atomic E-state index is 13.1. The van der Waals surface area contributed by atoms with Crippen molar-refractivity contribution < 1.29 is 38.1 Å². The van der Waals surface area contributed by atoms with Gasteiger partial charge in [-0.3, -0.25) is 0 Å². The zero-order chi connectivity index (χ0) is 35.5. The van der Waals surface area contributed by atoms with E-state index in [1.807, 2.05) is 48.6 Å². The number of rotatable bonds is 10. The lowest BCUT2D eigenvalue weighted by Gasteiger charge is -2.13. The molecule has 0 saturated carbocycles. The maximum Gasteiger partial charge on any atom is 0.343 e. The van der Waals surface area contributed by atoms with E-state index in [9.17, 15) is 19.2 Å². The lowest BCUT2D eigenvalue weighted by atomic mass is 10.0. The zero-order valence-electron chi connectivity index (χ0n) is 27.2. The van der Waals surface area contributed by atoms with E-state index in [1.165, 1.54) is 31.2 Å². The molecule has 0 unspecified atom stereocenters. The van der Waals surface area contributed by atoms with Crippen molar-refractivity contribution in [2.45, 2.75) is 20.8 Å². The molecule has 0 radical (unpaired) electrons. The maximum atomic E-state index is 13.1. The van der Waals surface area contributed by atoms with Crippen LogP contribution in [0.3, 0.4) is 0 Å². The van der Waals surface area contributed by atoms with Crippen molar-refractivity contribution in [3.8, 4) is 34.8 Å². The Morgan fingerprint density at radius 2 is 1.10 bits per heavy atom. The lowest BCUT2D eigenvalue weighted by molar-refractivity contribution is -0.131. The van der Waals surface area contributed by atoms with Crippen LogP contribution in [0.2, 0.25) is 0 Å². The van der Waals surface area contributed by atoms with Crippen LogP contribution in [0.4, 0.5) is 0 Å². The number of ether oxygens (including phenoxy) is 4. The van der Waals surface area contributed by atoms with Crippen molar-refractivity contribution in [1.29, 1.82) is 0 Å². The third-order valence-electron chi connectivity index (χ3n) is 6.75. The van der Waals surface area contributed by atoms with Crippen LogP contribution >= 0.6 is 0 Å². The molecule has 0 aliphatic rings. The van der Waals surface area contributed by atoms with Crippen molar-refractivity contribution in [3.05, 3.63) is 155 Å². The predicted octanol–water partition coefficient (Wildman–Crippen LogP) is 7.84. The smallest absolute Gasteiger partial charge is 0.343 e. The molecule has 0 fully saturated rings. The van der Waals surface area contributed by atoms with Crippen LogP contribution in [0.5, 0.6) is 23.0 Å². The fourth-order valence-electron chi connectivity index (χ4n) is 4.07. The summed E-state index contributed by atoms with van der Waals surface area (Å²) in [5, 5.41) is 0. The van der Waals surface area contributed by atoms with Gasteiger partial charge in [0.15, 0.2) is 5.75 Å². The Hall–Kier alpha value is -6.72. The molecule has 0 heterocycles. The molecule has 0 saturated heterocycles. The molecule has 0 N–H and O–H groups in total. The van der Waals surface area contributed by atoms with Gasteiger partial charge in [-0.1, -0.05) is 68.0 Å². The largest absolute Gasteiger partial charge is 0.423 e. The van der Waals surface area contributed by atoms with Gasteiger partial charge in [0.25, 0.3) is 0 Å². The van der Waals surface area contributed by atoms with E-state index in [1.54, 1.807) is 38.1 Å². The fraction of sp³-hybridized carbons (Fsp3) is 0.0732. The molecule has 0 bridgehead atoms.